The number of amides is 1. The third-order valence-electron chi connectivity index (χ3n) is 3.85. The quantitative estimate of drug-likeness (QED) is 0.926. The molecule has 1 amide bonds. The molecule has 0 spiro atoms. The van der Waals surface area contributed by atoms with E-state index in [1.54, 1.807) is 7.11 Å². The van der Waals surface area contributed by atoms with E-state index in [9.17, 15) is 4.79 Å². The summed E-state index contributed by atoms with van der Waals surface area (Å²) in [5.41, 5.74) is 0.805. The molecule has 0 aliphatic carbocycles. The lowest BCUT2D eigenvalue weighted by Crippen LogP contribution is -2.45. The van der Waals surface area contributed by atoms with Gasteiger partial charge in [-0.15, -0.1) is 0 Å². The summed E-state index contributed by atoms with van der Waals surface area (Å²) in [6.07, 6.45) is 1.58. The van der Waals surface area contributed by atoms with Gasteiger partial charge >= 0.3 is 6.09 Å². The van der Waals surface area contributed by atoms with Gasteiger partial charge in [0, 0.05) is 25.7 Å². The Balaban J connectivity index is 1.76. The van der Waals surface area contributed by atoms with Crippen molar-refractivity contribution in [2.45, 2.75) is 51.8 Å². The summed E-state index contributed by atoms with van der Waals surface area (Å²) < 4.78 is 10.6. The predicted octanol–water partition coefficient (Wildman–Crippen LogP) is 3.18. The van der Waals surface area contributed by atoms with Gasteiger partial charge in [-0.1, -0.05) is 12.1 Å². The number of carbonyl (C=O) groups is 1. The molecule has 0 bridgehead atoms. The van der Waals surface area contributed by atoms with Crippen molar-refractivity contribution in [2.24, 2.45) is 0 Å². The second-order valence-electron chi connectivity index (χ2n) is 7.05. The first-order chi connectivity index (χ1) is 10.9. The number of ether oxygens (including phenoxy) is 2. The summed E-state index contributed by atoms with van der Waals surface area (Å²) >= 11 is 0. The van der Waals surface area contributed by atoms with Crippen LogP contribution in [0.5, 0.6) is 5.75 Å². The second kappa shape index (κ2) is 7.68. The first kappa shape index (κ1) is 17.6. The van der Waals surface area contributed by atoms with E-state index in [1.165, 1.54) is 5.56 Å². The number of piperidine rings is 1. The minimum Gasteiger partial charge on any atom is -0.497 e. The van der Waals surface area contributed by atoms with E-state index >= 15 is 0 Å². The maximum Gasteiger partial charge on any atom is 0.407 e. The molecule has 0 radical (unpaired) electrons. The zero-order chi connectivity index (χ0) is 16.9. The molecule has 23 heavy (non-hydrogen) atoms. The van der Waals surface area contributed by atoms with Crippen LogP contribution in [0.1, 0.15) is 39.2 Å². The van der Waals surface area contributed by atoms with Gasteiger partial charge in [0.05, 0.1) is 7.11 Å². The molecular weight excluding hydrogens is 292 g/mol. The standard InChI is InChI=1S/C18H28N2O3/c1-18(2,3)23-17(21)19-15-8-10-20(11-9-15)13-14-6-5-7-16(12-14)22-4/h5-7,12,15H,8-11,13H2,1-4H3,(H,19,21). The molecule has 2 rings (SSSR count). The number of carbonyl (C=O) groups excluding carboxylic acids is 1. The van der Waals surface area contributed by atoms with Gasteiger partial charge < -0.3 is 14.8 Å². The van der Waals surface area contributed by atoms with Crippen LogP contribution in [0.4, 0.5) is 4.79 Å². The highest BCUT2D eigenvalue weighted by atomic mass is 16.6. The van der Waals surface area contributed by atoms with Crippen molar-refractivity contribution in [2.75, 3.05) is 20.2 Å². The lowest BCUT2D eigenvalue weighted by atomic mass is 10.0. The maximum atomic E-state index is 11.8. The number of nitrogens with one attached hydrogen (secondary N) is 1. The Morgan fingerprint density at radius 3 is 2.61 bits per heavy atom. The van der Waals surface area contributed by atoms with E-state index in [-0.39, 0.29) is 12.1 Å². The SMILES string of the molecule is COc1cccc(CN2CCC(NC(=O)OC(C)(C)C)CC2)c1. The van der Waals surface area contributed by atoms with Crippen molar-refractivity contribution in [1.82, 2.24) is 10.2 Å². The van der Waals surface area contributed by atoms with E-state index < -0.39 is 5.60 Å². The summed E-state index contributed by atoms with van der Waals surface area (Å²) in [6.45, 7) is 8.49. The molecule has 0 unspecified atom stereocenters. The van der Waals surface area contributed by atoms with Crippen molar-refractivity contribution < 1.29 is 14.3 Å². The Bertz CT molecular complexity index is 517. The average molecular weight is 320 g/mol. The van der Waals surface area contributed by atoms with E-state index in [4.69, 9.17) is 9.47 Å². The molecule has 1 aromatic carbocycles. The summed E-state index contributed by atoms with van der Waals surface area (Å²) in [4.78, 5) is 14.2. The monoisotopic (exact) mass is 320 g/mol. The lowest BCUT2D eigenvalue weighted by molar-refractivity contribution is 0.0477. The van der Waals surface area contributed by atoms with Crippen LogP contribution in [-0.4, -0.2) is 42.8 Å². The van der Waals surface area contributed by atoms with Crippen LogP contribution in [0.15, 0.2) is 24.3 Å². The Kier molecular flexibility index (Phi) is 5.88. The van der Waals surface area contributed by atoms with Gasteiger partial charge in [-0.2, -0.15) is 0 Å². The first-order valence-electron chi connectivity index (χ1n) is 8.20. The number of rotatable bonds is 4. The third kappa shape index (κ3) is 6.10. The van der Waals surface area contributed by atoms with Crippen molar-refractivity contribution in [1.29, 1.82) is 0 Å². The number of hydrogen-bond acceptors (Lipinski definition) is 4. The normalized spacial score (nSPS) is 16.9. The van der Waals surface area contributed by atoms with Gasteiger partial charge in [0.25, 0.3) is 0 Å². The molecule has 1 N–H and O–H groups in total. The third-order valence-corrected chi connectivity index (χ3v) is 3.85. The Morgan fingerprint density at radius 1 is 1.30 bits per heavy atom. The smallest absolute Gasteiger partial charge is 0.407 e. The highest BCUT2D eigenvalue weighted by Crippen LogP contribution is 2.18. The largest absolute Gasteiger partial charge is 0.497 e. The number of nitrogens with zero attached hydrogens (tertiary/aromatic N) is 1. The van der Waals surface area contributed by atoms with Gasteiger partial charge in [0.15, 0.2) is 0 Å². The summed E-state index contributed by atoms with van der Waals surface area (Å²) in [6, 6.07) is 8.37. The summed E-state index contributed by atoms with van der Waals surface area (Å²) in [7, 11) is 1.69. The molecule has 128 valence electrons. The molecule has 1 aromatic rings. The predicted molar refractivity (Wildman–Crippen MR) is 90.7 cm³/mol. The molecule has 1 saturated heterocycles. The zero-order valence-electron chi connectivity index (χ0n) is 14.6. The van der Waals surface area contributed by atoms with Gasteiger partial charge in [-0.25, -0.2) is 4.79 Å². The molecule has 1 fully saturated rings. The van der Waals surface area contributed by atoms with Crippen LogP contribution < -0.4 is 10.1 Å². The Hall–Kier alpha value is -1.75. The molecule has 1 aliphatic heterocycles. The fraction of sp³-hybridized carbons (Fsp3) is 0.611. The number of likely N-dealkylation sites (tertiary alicyclic amines) is 1. The van der Waals surface area contributed by atoms with Crippen molar-refractivity contribution in [3.8, 4) is 5.75 Å². The van der Waals surface area contributed by atoms with E-state index in [1.807, 2.05) is 32.9 Å². The van der Waals surface area contributed by atoms with Gasteiger partial charge in [0.1, 0.15) is 11.4 Å². The number of methoxy groups -OCH3 is 1. The van der Waals surface area contributed by atoms with E-state index in [2.05, 4.69) is 22.3 Å². The van der Waals surface area contributed by atoms with Crippen LogP contribution in [-0.2, 0) is 11.3 Å². The van der Waals surface area contributed by atoms with E-state index in [0.29, 0.717) is 0 Å². The van der Waals surface area contributed by atoms with Gasteiger partial charge in [-0.3, -0.25) is 4.90 Å². The Morgan fingerprint density at radius 2 is 2.00 bits per heavy atom. The zero-order valence-corrected chi connectivity index (χ0v) is 14.6. The van der Waals surface area contributed by atoms with Crippen LogP contribution in [0.2, 0.25) is 0 Å². The molecule has 5 heteroatoms. The number of benzene rings is 1. The van der Waals surface area contributed by atoms with Crippen LogP contribution >= 0.6 is 0 Å². The maximum absolute atomic E-state index is 11.8. The van der Waals surface area contributed by atoms with Crippen LogP contribution in [0.25, 0.3) is 0 Å². The molecule has 0 aromatic heterocycles. The molecule has 5 nitrogen and oxygen atoms in total. The fourth-order valence-corrected chi connectivity index (χ4v) is 2.74. The molecule has 1 heterocycles. The van der Waals surface area contributed by atoms with Gasteiger partial charge in [0.2, 0.25) is 0 Å². The average Bonchev–Trinajstić information content (AvgIpc) is 2.47. The molecule has 0 atom stereocenters. The minimum absolute atomic E-state index is 0.200. The van der Waals surface area contributed by atoms with E-state index in [0.717, 1.165) is 38.2 Å². The fourth-order valence-electron chi connectivity index (χ4n) is 2.74. The molecule has 1 aliphatic rings. The molecular formula is C18H28N2O3. The van der Waals surface area contributed by atoms with Crippen LogP contribution in [0, 0.1) is 0 Å². The minimum atomic E-state index is -0.447. The Labute approximate surface area is 139 Å². The van der Waals surface area contributed by atoms with Gasteiger partial charge in [-0.05, 0) is 51.3 Å². The first-order valence-corrected chi connectivity index (χ1v) is 8.20. The molecule has 0 saturated carbocycles. The van der Waals surface area contributed by atoms with Crippen molar-refractivity contribution >= 4 is 6.09 Å². The highest BCUT2D eigenvalue weighted by molar-refractivity contribution is 5.68. The second-order valence-corrected chi connectivity index (χ2v) is 7.05. The van der Waals surface area contributed by atoms with Crippen molar-refractivity contribution in [3.63, 3.8) is 0 Å². The van der Waals surface area contributed by atoms with Crippen LogP contribution in [0.3, 0.4) is 0 Å². The number of hydrogen-bond donors (Lipinski definition) is 1. The summed E-state index contributed by atoms with van der Waals surface area (Å²) in [5.74, 6) is 0.893. The van der Waals surface area contributed by atoms with Crippen molar-refractivity contribution in [3.05, 3.63) is 29.8 Å². The summed E-state index contributed by atoms with van der Waals surface area (Å²) in [5, 5.41) is 2.97. The topological polar surface area (TPSA) is 50.8 Å². The number of alkyl carbamates (subject to hydrolysis) is 1. The lowest BCUT2D eigenvalue weighted by Gasteiger charge is -2.32. The highest BCUT2D eigenvalue weighted by Gasteiger charge is 2.23.